The van der Waals surface area contributed by atoms with E-state index < -0.39 is 5.60 Å². The van der Waals surface area contributed by atoms with Gasteiger partial charge in [0.1, 0.15) is 11.4 Å². The third-order valence-corrected chi connectivity index (χ3v) is 3.95. The minimum atomic E-state index is -0.517. The van der Waals surface area contributed by atoms with Gasteiger partial charge in [0, 0.05) is 25.0 Å². The van der Waals surface area contributed by atoms with Gasteiger partial charge in [-0.05, 0) is 57.4 Å². The summed E-state index contributed by atoms with van der Waals surface area (Å²) in [7, 11) is 0. The average Bonchev–Trinajstić information content (AvgIpc) is 2.40. The van der Waals surface area contributed by atoms with Gasteiger partial charge in [0.2, 0.25) is 0 Å². The molecule has 0 aliphatic carbocycles. The molecule has 22 heavy (non-hydrogen) atoms. The zero-order valence-electron chi connectivity index (χ0n) is 13.7. The lowest BCUT2D eigenvalue weighted by Gasteiger charge is -2.38. The maximum absolute atomic E-state index is 13.5. The van der Waals surface area contributed by atoms with Crippen LogP contribution in [0.1, 0.15) is 44.2 Å². The van der Waals surface area contributed by atoms with E-state index in [2.05, 4.69) is 0 Å². The number of nitrogens with zero attached hydrogens (tertiary/aromatic N) is 1. The van der Waals surface area contributed by atoms with Crippen molar-refractivity contribution in [1.82, 2.24) is 4.90 Å². The van der Waals surface area contributed by atoms with Crippen molar-refractivity contribution in [2.45, 2.75) is 51.7 Å². The van der Waals surface area contributed by atoms with Crippen LogP contribution in [0.25, 0.3) is 0 Å². The van der Waals surface area contributed by atoms with Crippen molar-refractivity contribution in [2.24, 2.45) is 5.73 Å². The SMILES string of the molecule is Cc1ccc(F)cc1[C@H]1CCN(C(=O)OC(C)(C)C)C[C@@H]1N. The van der Waals surface area contributed by atoms with Gasteiger partial charge in [-0.2, -0.15) is 0 Å². The van der Waals surface area contributed by atoms with Crippen molar-refractivity contribution in [3.63, 3.8) is 0 Å². The molecule has 0 aromatic heterocycles. The number of hydrogen-bond donors (Lipinski definition) is 1. The average molecular weight is 308 g/mol. The molecule has 1 aliphatic rings. The molecule has 2 atom stereocenters. The minimum Gasteiger partial charge on any atom is -0.444 e. The molecule has 0 unspecified atom stereocenters. The number of ether oxygens (including phenoxy) is 1. The molecule has 1 aromatic carbocycles. The smallest absolute Gasteiger partial charge is 0.410 e. The molecular weight excluding hydrogens is 283 g/mol. The Morgan fingerprint density at radius 2 is 2.09 bits per heavy atom. The van der Waals surface area contributed by atoms with E-state index in [1.165, 1.54) is 6.07 Å². The first-order chi connectivity index (χ1) is 10.2. The first-order valence-corrected chi connectivity index (χ1v) is 7.67. The number of carbonyl (C=O) groups excluding carboxylic acids is 1. The highest BCUT2D eigenvalue weighted by Gasteiger charge is 2.33. The summed E-state index contributed by atoms with van der Waals surface area (Å²) in [6.07, 6.45) is 0.377. The second-order valence-corrected chi connectivity index (χ2v) is 6.99. The number of carbonyl (C=O) groups is 1. The number of likely N-dealkylation sites (tertiary alicyclic amines) is 1. The van der Waals surface area contributed by atoms with Gasteiger partial charge in [0.25, 0.3) is 0 Å². The molecule has 0 saturated carbocycles. The van der Waals surface area contributed by atoms with Crippen LogP contribution < -0.4 is 5.73 Å². The molecule has 1 fully saturated rings. The van der Waals surface area contributed by atoms with Crippen molar-refractivity contribution in [1.29, 1.82) is 0 Å². The van der Waals surface area contributed by atoms with E-state index in [0.717, 1.165) is 11.1 Å². The van der Waals surface area contributed by atoms with Gasteiger partial charge < -0.3 is 15.4 Å². The lowest BCUT2D eigenvalue weighted by Crippen LogP contribution is -2.50. The van der Waals surface area contributed by atoms with Crippen LogP contribution in [0.15, 0.2) is 18.2 Å². The molecule has 2 N–H and O–H groups in total. The molecule has 1 amide bonds. The molecular formula is C17H25FN2O2. The lowest BCUT2D eigenvalue weighted by atomic mass is 9.83. The molecule has 5 heteroatoms. The van der Waals surface area contributed by atoms with Crippen molar-refractivity contribution in [2.75, 3.05) is 13.1 Å². The molecule has 2 rings (SSSR count). The van der Waals surface area contributed by atoms with Crippen LogP contribution in [0.3, 0.4) is 0 Å². The first kappa shape index (κ1) is 16.7. The summed E-state index contributed by atoms with van der Waals surface area (Å²) in [4.78, 5) is 13.8. The fourth-order valence-electron chi connectivity index (χ4n) is 2.87. The predicted octanol–water partition coefficient (Wildman–Crippen LogP) is 3.19. The van der Waals surface area contributed by atoms with Gasteiger partial charge in [-0.1, -0.05) is 6.07 Å². The van der Waals surface area contributed by atoms with E-state index in [4.69, 9.17) is 10.5 Å². The van der Waals surface area contributed by atoms with Gasteiger partial charge in [0.15, 0.2) is 0 Å². The topological polar surface area (TPSA) is 55.6 Å². The summed E-state index contributed by atoms with van der Waals surface area (Å²) >= 11 is 0. The summed E-state index contributed by atoms with van der Waals surface area (Å²) in [5.74, 6) is -0.184. The lowest BCUT2D eigenvalue weighted by molar-refractivity contribution is 0.0186. The molecule has 0 bridgehead atoms. The van der Waals surface area contributed by atoms with Gasteiger partial charge in [-0.15, -0.1) is 0 Å². The Morgan fingerprint density at radius 3 is 2.68 bits per heavy atom. The fourth-order valence-corrected chi connectivity index (χ4v) is 2.87. The number of benzene rings is 1. The van der Waals surface area contributed by atoms with Gasteiger partial charge in [-0.3, -0.25) is 0 Å². The fraction of sp³-hybridized carbons (Fsp3) is 0.588. The van der Waals surface area contributed by atoms with Crippen LogP contribution in [0.2, 0.25) is 0 Å². The highest BCUT2D eigenvalue weighted by molar-refractivity contribution is 5.68. The van der Waals surface area contributed by atoms with Crippen LogP contribution in [-0.2, 0) is 4.74 Å². The van der Waals surface area contributed by atoms with Crippen LogP contribution in [0.5, 0.6) is 0 Å². The number of piperidine rings is 1. The number of aryl methyl sites for hydroxylation is 1. The Kier molecular flexibility index (Phi) is 4.75. The molecule has 0 spiro atoms. The van der Waals surface area contributed by atoms with E-state index in [-0.39, 0.29) is 23.9 Å². The quantitative estimate of drug-likeness (QED) is 0.867. The van der Waals surface area contributed by atoms with Crippen molar-refractivity contribution in [3.05, 3.63) is 35.1 Å². The predicted molar refractivity (Wildman–Crippen MR) is 84.3 cm³/mol. The Morgan fingerprint density at radius 1 is 1.41 bits per heavy atom. The zero-order chi connectivity index (χ0) is 16.5. The Balaban J connectivity index is 2.07. The highest BCUT2D eigenvalue weighted by Crippen LogP contribution is 2.30. The normalized spacial score (nSPS) is 22.5. The summed E-state index contributed by atoms with van der Waals surface area (Å²) in [6.45, 7) is 8.48. The number of amides is 1. The van der Waals surface area contributed by atoms with Crippen LogP contribution in [0, 0.1) is 12.7 Å². The number of nitrogens with two attached hydrogens (primary N) is 1. The molecule has 1 aromatic rings. The van der Waals surface area contributed by atoms with Crippen molar-refractivity contribution in [3.8, 4) is 0 Å². The third-order valence-electron chi connectivity index (χ3n) is 3.95. The zero-order valence-corrected chi connectivity index (χ0v) is 13.7. The maximum Gasteiger partial charge on any atom is 0.410 e. The maximum atomic E-state index is 13.5. The summed E-state index contributed by atoms with van der Waals surface area (Å²) < 4.78 is 18.9. The van der Waals surface area contributed by atoms with E-state index in [9.17, 15) is 9.18 Å². The standard InChI is InChI=1S/C17H25FN2O2/c1-11-5-6-12(18)9-14(11)13-7-8-20(10-15(13)19)16(21)22-17(2,3)4/h5-6,9,13,15H,7-8,10,19H2,1-4H3/t13-,15+/m1/s1. The highest BCUT2D eigenvalue weighted by atomic mass is 19.1. The number of hydrogen-bond acceptors (Lipinski definition) is 3. The monoisotopic (exact) mass is 308 g/mol. The van der Waals surface area contributed by atoms with Crippen LogP contribution in [-0.4, -0.2) is 35.7 Å². The molecule has 122 valence electrons. The molecule has 1 aliphatic heterocycles. The summed E-state index contributed by atoms with van der Waals surface area (Å²) in [5.41, 5.74) is 7.71. The molecule has 1 heterocycles. The van der Waals surface area contributed by atoms with E-state index >= 15 is 0 Å². The third kappa shape index (κ3) is 3.97. The minimum absolute atomic E-state index is 0.0642. The summed E-state index contributed by atoms with van der Waals surface area (Å²) in [5, 5.41) is 0. The Hall–Kier alpha value is -1.62. The van der Waals surface area contributed by atoms with Crippen LogP contribution in [0.4, 0.5) is 9.18 Å². The van der Waals surface area contributed by atoms with E-state index in [1.54, 1.807) is 17.0 Å². The van der Waals surface area contributed by atoms with Gasteiger partial charge in [-0.25, -0.2) is 9.18 Å². The molecule has 4 nitrogen and oxygen atoms in total. The van der Waals surface area contributed by atoms with E-state index in [1.807, 2.05) is 27.7 Å². The van der Waals surface area contributed by atoms with Crippen LogP contribution >= 0.6 is 0 Å². The van der Waals surface area contributed by atoms with Gasteiger partial charge >= 0.3 is 6.09 Å². The second-order valence-electron chi connectivity index (χ2n) is 6.99. The van der Waals surface area contributed by atoms with Crippen molar-refractivity contribution < 1.29 is 13.9 Å². The van der Waals surface area contributed by atoms with Gasteiger partial charge in [0.05, 0.1) is 0 Å². The number of rotatable bonds is 1. The summed E-state index contributed by atoms with van der Waals surface area (Å²) in [6, 6.07) is 4.57. The molecule has 1 saturated heterocycles. The van der Waals surface area contributed by atoms with E-state index in [0.29, 0.717) is 19.5 Å². The number of halogens is 1. The Labute approximate surface area is 131 Å². The first-order valence-electron chi connectivity index (χ1n) is 7.67. The Bertz CT molecular complexity index is 554. The molecule has 0 radical (unpaired) electrons. The largest absolute Gasteiger partial charge is 0.444 e. The van der Waals surface area contributed by atoms with Crippen molar-refractivity contribution >= 4 is 6.09 Å². The second kappa shape index (κ2) is 6.24.